The molecule has 2 nitrogen and oxygen atoms in total. The summed E-state index contributed by atoms with van der Waals surface area (Å²) in [6.45, 7) is 4.07. The molecule has 1 heterocycles. The van der Waals surface area contributed by atoms with Crippen molar-refractivity contribution in [2.24, 2.45) is 4.99 Å². The first-order valence-corrected chi connectivity index (χ1v) is 3.41. The van der Waals surface area contributed by atoms with Gasteiger partial charge in [0, 0.05) is 12.2 Å². The van der Waals surface area contributed by atoms with Gasteiger partial charge >= 0.3 is 0 Å². The van der Waals surface area contributed by atoms with Crippen LogP contribution in [0.15, 0.2) is 29.4 Å². The maximum Gasteiger partial charge on any atom is 0.147 e. The molecular formula is C8H11N2. The first kappa shape index (κ1) is 7.06. The van der Waals surface area contributed by atoms with Crippen LogP contribution in [-0.2, 0) is 0 Å². The first-order chi connectivity index (χ1) is 4.79. The topological polar surface area (TPSA) is 26.5 Å². The van der Waals surface area contributed by atoms with E-state index >= 15 is 0 Å². The molecule has 0 aromatic heterocycles. The quantitative estimate of drug-likeness (QED) is 0.520. The zero-order chi connectivity index (χ0) is 7.40. The van der Waals surface area contributed by atoms with Crippen molar-refractivity contribution in [3.05, 3.63) is 24.4 Å². The Morgan fingerprint density at radius 3 is 2.70 bits per heavy atom. The van der Waals surface area contributed by atoms with E-state index in [0.29, 0.717) is 6.04 Å². The molecule has 0 fully saturated rings. The lowest BCUT2D eigenvalue weighted by Crippen LogP contribution is -2.11. The smallest absolute Gasteiger partial charge is 0.147 e. The number of allylic oxidation sites excluding steroid dienone is 2. The molecule has 1 radical (unpaired) electrons. The molecule has 2 heteroatoms. The molecule has 0 aromatic carbocycles. The SMILES string of the molecule is CC(C)N=C1C=CC=C[N]1. The predicted molar refractivity (Wildman–Crippen MR) is 43.0 cm³/mol. The summed E-state index contributed by atoms with van der Waals surface area (Å²) < 4.78 is 0. The van der Waals surface area contributed by atoms with E-state index in [4.69, 9.17) is 0 Å². The Balaban J connectivity index is 2.58. The van der Waals surface area contributed by atoms with Crippen LogP contribution in [-0.4, -0.2) is 11.9 Å². The summed E-state index contributed by atoms with van der Waals surface area (Å²) >= 11 is 0. The minimum atomic E-state index is 0.329. The van der Waals surface area contributed by atoms with Gasteiger partial charge in [-0.2, -0.15) is 0 Å². The van der Waals surface area contributed by atoms with Crippen LogP contribution in [0.4, 0.5) is 0 Å². The summed E-state index contributed by atoms with van der Waals surface area (Å²) in [6, 6.07) is 0.329. The molecule has 0 N–H and O–H groups in total. The van der Waals surface area contributed by atoms with Gasteiger partial charge in [0.05, 0.1) is 0 Å². The van der Waals surface area contributed by atoms with Gasteiger partial charge in [-0.15, -0.1) is 0 Å². The van der Waals surface area contributed by atoms with Crippen LogP contribution >= 0.6 is 0 Å². The minimum absolute atomic E-state index is 0.329. The highest BCUT2D eigenvalue weighted by Gasteiger charge is 1.96. The third-order valence-corrected chi connectivity index (χ3v) is 1.04. The lowest BCUT2D eigenvalue weighted by atomic mass is 10.3. The fourth-order valence-corrected chi connectivity index (χ4v) is 0.695. The molecule has 0 saturated carbocycles. The number of hydrogen-bond acceptors (Lipinski definition) is 1. The van der Waals surface area contributed by atoms with Crippen molar-refractivity contribution in [1.29, 1.82) is 0 Å². The minimum Gasteiger partial charge on any atom is -0.264 e. The van der Waals surface area contributed by atoms with Crippen LogP contribution in [0.3, 0.4) is 0 Å². The Labute approximate surface area is 61.4 Å². The average molecular weight is 135 g/mol. The van der Waals surface area contributed by atoms with E-state index in [1.807, 2.05) is 32.1 Å². The Hall–Kier alpha value is -1.05. The highest BCUT2D eigenvalue weighted by molar-refractivity contribution is 5.94. The van der Waals surface area contributed by atoms with E-state index in [2.05, 4.69) is 10.3 Å². The van der Waals surface area contributed by atoms with E-state index in [-0.39, 0.29) is 0 Å². The van der Waals surface area contributed by atoms with Crippen molar-refractivity contribution in [1.82, 2.24) is 5.32 Å². The van der Waals surface area contributed by atoms with Gasteiger partial charge in [0.25, 0.3) is 0 Å². The second-order valence-electron chi connectivity index (χ2n) is 2.41. The first-order valence-electron chi connectivity index (χ1n) is 3.41. The van der Waals surface area contributed by atoms with Crippen molar-refractivity contribution in [2.45, 2.75) is 19.9 Å². The number of aliphatic imine (C=N–C) groups is 1. The van der Waals surface area contributed by atoms with Gasteiger partial charge in [-0.1, -0.05) is 6.08 Å². The van der Waals surface area contributed by atoms with Crippen LogP contribution in [0.1, 0.15) is 13.8 Å². The number of hydrogen-bond donors (Lipinski definition) is 0. The van der Waals surface area contributed by atoms with Gasteiger partial charge in [0.2, 0.25) is 0 Å². The second-order valence-corrected chi connectivity index (χ2v) is 2.41. The number of nitrogens with zero attached hydrogens (tertiary/aromatic N) is 2. The summed E-state index contributed by atoms with van der Waals surface area (Å²) in [5.74, 6) is 0.817. The van der Waals surface area contributed by atoms with E-state index in [9.17, 15) is 0 Å². The molecule has 0 aliphatic carbocycles. The fourth-order valence-electron chi connectivity index (χ4n) is 0.695. The molecule has 0 aromatic rings. The molecule has 0 unspecified atom stereocenters. The zero-order valence-electron chi connectivity index (χ0n) is 6.28. The maximum atomic E-state index is 4.25. The Morgan fingerprint density at radius 2 is 2.20 bits per heavy atom. The predicted octanol–water partition coefficient (Wildman–Crippen LogP) is 1.48. The van der Waals surface area contributed by atoms with Crippen molar-refractivity contribution in [3.8, 4) is 0 Å². The van der Waals surface area contributed by atoms with Gasteiger partial charge in [-0.3, -0.25) is 4.99 Å². The molecule has 1 rings (SSSR count). The molecule has 0 bridgehead atoms. The number of rotatable bonds is 1. The monoisotopic (exact) mass is 135 g/mol. The standard InChI is InChI=1S/C8H11N2/c1-7(2)10-8-5-3-4-6-9-8/h3-7H,1-2H3. The largest absolute Gasteiger partial charge is 0.264 e. The molecule has 0 amide bonds. The normalized spacial score (nSPS) is 20.1. The summed E-state index contributed by atoms with van der Waals surface area (Å²) in [6.07, 6.45) is 7.48. The highest BCUT2D eigenvalue weighted by atomic mass is 15.0. The van der Waals surface area contributed by atoms with E-state index in [1.54, 1.807) is 6.20 Å². The van der Waals surface area contributed by atoms with Crippen molar-refractivity contribution >= 4 is 5.84 Å². The Kier molecular flexibility index (Phi) is 2.26. The van der Waals surface area contributed by atoms with E-state index in [1.165, 1.54) is 0 Å². The third-order valence-electron chi connectivity index (χ3n) is 1.04. The molecule has 0 spiro atoms. The molecule has 0 saturated heterocycles. The summed E-state index contributed by atoms with van der Waals surface area (Å²) in [4.78, 5) is 4.25. The van der Waals surface area contributed by atoms with Crippen molar-refractivity contribution in [3.63, 3.8) is 0 Å². The molecule has 1 aliphatic rings. The third kappa shape index (κ3) is 2.05. The van der Waals surface area contributed by atoms with Crippen LogP contribution in [0.5, 0.6) is 0 Å². The molecule has 1 aliphatic heterocycles. The fraction of sp³-hybridized carbons (Fsp3) is 0.375. The molecular weight excluding hydrogens is 124 g/mol. The maximum absolute atomic E-state index is 4.25. The lowest BCUT2D eigenvalue weighted by Gasteiger charge is -2.02. The highest BCUT2D eigenvalue weighted by Crippen LogP contribution is 1.93. The number of amidine groups is 1. The van der Waals surface area contributed by atoms with Crippen molar-refractivity contribution < 1.29 is 0 Å². The molecule has 0 atom stereocenters. The Morgan fingerprint density at radius 1 is 1.40 bits per heavy atom. The van der Waals surface area contributed by atoms with E-state index in [0.717, 1.165) is 5.84 Å². The zero-order valence-corrected chi connectivity index (χ0v) is 6.28. The van der Waals surface area contributed by atoms with Gasteiger partial charge in [-0.25, -0.2) is 5.32 Å². The Bertz CT molecular complexity index is 187. The molecule has 10 heavy (non-hydrogen) atoms. The average Bonchev–Trinajstić information content (AvgIpc) is 1.88. The molecule has 53 valence electrons. The van der Waals surface area contributed by atoms with Gasteiger partial charge in [-0.05, 0) is 26.0 Å². The lowest BCUT2D eigenvalue weighted by molar-refractivity contribution is 0.829. The van der Waals surface area contributed by atoms with E-state index < -0.39 is 0 Å². The van der Waals surface area contributed by atoms with Crippen LogP contribution < -0.4 is 5.32 Å². The summed E-state index contributed by atoms with van der Waals surface area (Å²) in [5, 5.41) is 4.05. The van der Waals surface area contributed by atoms with Gasteiger partial charge < -0.3 is 0 Å². The van der Waals surface area contributed by atoms with Crippen LogP contribution in [0.25, 0.3) is 0 Å². The second kappa shape index (κ2) is 3.20. The van der Waals surface area contributed by atoms with Gasteiger partial charge in [0.1, 0.15) is 5.84 Å². The van der Waals surface area contributed by atoms with Crippen molar-refractivity contribution in [2.75, 3.05) is 0 Å². The summed E-state index contributed by atoms with van der Waals surface area (Å²) in [5.41, 5.74) is 0. The van der Waals surface area contributed by atoms with Crippen LogP contribution in [0, 0.1) is 0 Å². The van der Waals surface area contributed by atoms with Crippen LogP contribution in [0.2, 0.25) is 0 Å². The van der Waals surface area contributed by atoms with Gasteiger partial charge in [0.15, 0.2) is 0 Å². The summed E-state index contributed by atoms with van der Waals surface area (Å²) in [7, 11) is 0.